The number of rotatable bonds is 12. The van der Waals surface area contributed by atoms with Gasteiger partial charge in [-0.25, -0.2) is 0 Å². The van der Waals surface area contributed by atoms with Gasteiger partial charge in [-0.2, -0.15) is 0 Å². The van der Waals surface area contributed by atoms with E-state index in [-0.39, 0.29) is 12.3 Å². The molecule has 0 atom stereocenters. The van der Waals surface area contributed by atoms with Gasteiger partial charge in [0, 0.05) is 0 Å². The molecule has 20 heavy (non-hydrogen) atoms. The number of carboxylic acids is 2. The number of carboxylic acid groups (broad SMARTS) is 2. The normalized spacial score (nSPS) is 11.8. The monoisotopic (exact) mass is 286 g/mol. The maximum absolute atomic E-state index is 11.8. The molecule has 0 aromatic carbocycles. The summed E-state index contributed by atoms with van der Waals surface area (Å²) in [6, 6.07) is 0. The van der Waals surface area contributed by atoms with E-state index in [9.17, 15) is 19.8 Å². The second-order valence-corrected chi connectivity index (χ2v) is 5.67. The molecule has 0 radical (unpaired) electrons. The minimum atomic E-state index is -1.60. The first-order chi connectivity index (χ1) is 9.47. The summed E-state index contributed by atoms with van der Waals surface area (Å²) in [5.41, 5.74) is -1.60. The van der Waals surface area contributed by atoms with E-state index in [2.05, 4.69) is 0 Å². The van der Waals surface area contributed by atoms with Crippen LogP contribution < -0.4 is 0 Å². The summed E-state index contributed by atoms with van der Waals surface area (Å²) in [6.45, 7) is 6.06. The van der Waals surface area contributed by atoms with E-state index in [1.54, 1.807) is 0 Å². The van der Waals surface area contributed by atoms with Gasteiger partial charge in [0.05, 0.1) is 0 Å². The molecule has 0 unspecified atom stereocenters. The van der Waals surface area contributed by atoms with Gasteiger partial charge in [-0.05, 0) is 25.2 Å². The van der Waals surface area contributed by atoms with Gasteiger partial charge in [0.25, 0.3) is 0 Å². The van der Waals surface area contributed by atoms with Crippen LogP contribution in [-0.2, 0) is 9.59 Å². The van der Waals surface area contributed by atoms with Crippen LogP contribution in [0.4, 0.5) is 0 Å². The average molecular weight is 286 g/mol. The fourth-order valence-corrected chi connectivity index (χ4v) is 2.85. The molecule has 0 amide bonds. The van der Waals surface area contributed by atoms with Crippen LogP contribution in [0.15, 0.2) is 0 Å². The van der Waals surface area contributed by atoms with Gasteiger partial charge < -0.3 is 10.2 Å². The van der Waals surface area contributed by atoms with Crippen LogP contribution in [0.3, 0.4) is 0 Å². The Balaban J connectivity index is 5.33. The Morgan fingerprint density at radius 3 is 1.55 bits per heavy atom. The lowest BCUT2D eigenvalue weighted by Crippen LogP contribution is -2.46. The Bertz CT molecular complexity index is 277. The molecule has 0 saturated carbocycles. The Kier molecular flexibility index (Phi) is 9.26. The second kappa shape index (κ2) is 9.78. The maximum Gasteiger partial charge on any atom is 0.321 e. The summed E-state index contributed by atoms with van der Waals surface area (Å²) in [4.78, 5) is 23.5. The lowest BCUT2D eigenvalue weighted by Gasteiger charge is -2.34. The molecular formula is C16H30O4. The first-order valence-corrected chi connectivity index (χ1v) is 7.94. The van der Waals surface area contributed by atoms with Crippen molar-refractivity contribution < 1.29 is 19.8 Å². The highest BCUT2D eigenvalue weighted by atomic mass is 16.4. The maximum atomic E-state index is 11.8. The van der Waals surface area contributed by atoms with Crippen LogP contribution in [0, 0.1) is 11.3 Å². The third-order valence-corrected chi connectivity index (χ3v) is 4.20. The molecule has 118 valence electrons. The van der Waals surface area contributed by atoms with Gasteiger partial charge in [-0.15, -0.1) is 0 Å². The van der Waals surface area contributed by atoms with Crippen LogP contribution in [0.5, 0.6) is 0 Å². The largest absolute Gasteiger partial charge is 0.480 e. The zero-order valence-electron chi connectivity index (χ0n) is 13.2. The second-order valence-electron chi connectivity index (χ2n) is 5.67. The molecule has 0 aromatic rings. The molecule has 0 saturated heterocycles. The summed E-state index contributed by atoms with van der Waals surface area (Å²) in [7, 11) is 0. The Morgan fingerprint density at radius 2 is 1.25 bits per heavy atom. The van der Waals surface area contributed by atoms with Gasteiger partial charge in [-0.3, -0.25) is 9.59 Å². The fourth-order valence-electron chi connectivity index (χ4n) is 2.85. The van der Waals surface area contributed by atoms with Gasteiger partial charge in [0.1, 0.15) is 0 Å². The van der Waals surface area contributed by atoms with Crippen molar-refractivity contribution in [3.05, 3.63) is 0 Å². The molecule has 0 aromatic heterocycles. The highest BCUT2D eigenvalue weighted by Crippen LogP contribution is 2.40. The summed E-state index contributed by atoms with van der Waals surface area (Å²) >= 11 is 0. The van der Waals surface area contributed by atoms with Gasteiger partial charge in [0.15, 0.2) is 5.41 Å². The SMILES string of the molecule is CCCCC(CCCC)C(CCCC)(C(=O)O)C(=O)O. The van der Waals surface area contributed by atoms with Crippen molar-refractivity contribution in [2.24, 2.45) is 11.3 Å². The summed E-state index contributed by atoms with van der Waals surface area (Å²) in [5, 5.41) is 19.2. The third-order valence-electron chi connectivity index (χ3n) is 4.20. The van der Waals surface area contributed by atoms with Crippen LogP contribution in [0.25, 0.3) is 0 Å². The first-order valence-electron chi connectivity index (χ1n) is 7.94. The standard InChI is InChI=1S/C16H30O4/c1-4-7-10-13(11-8-5-2)16(14(17)18,15(19)20)12-9-6-3/h13H,4-12H2,1-3H3,(H,17,18)(H,19,20). The number of aliphatic carboxylic acids is 2. The molecule has 0 bridgehead atoms. The molecule has 0 fully saturated rings. The van der Waals surface area contributed by atoms with E-state index in [1.807, 2.05) is 20.8 Å². The highest BCUT2D eigenvalue weighted by molar-refractivity contribution is 5.98. The predicted molar refractivity (Wildman–Crippen MR) is 79.8 cm³/mol. The molecule has 4 nitrogen and oxygen atoms in total. The molecule has 0 spiro atoms. The zero-order valence-corrected chi connectivity index (χ0v) is 13.2. The van der Waals surface area contributed by atoms with E-state index >= 15 is 0 Å². The highest BCUT2D eigenvalue weighted by Gasteiger charge is 2.51. The van der Waals surface area contributed by atoms with Crippen LogP contribution >= 0.6 is 0 Å². The van der Waals surface area contributed by atoms with E-state index in [0.717, 1.165) is 32.1 Å². The minimum Gasteiger partial charge on any atom is -0.480 e. The zero-order chi connectivity index (χ0) is 15.6. The Labute approximate surface area is 122 Å². The molecular weight excluding hydrogens is 256 g/mol. The van der Waals surface area contributed by atoms with Crippen molar-refractivity contribution in [3.8, 4) is 0 Å². The first kappa shape index (κ1) is 18.9. The Hall–Kier alpha value is -1.06. The molecule has 0 aliphatic carbocycles. The average Bonchev–Trinajstić information content (AvgIpc) is 2.40. The van der Waals surface area contributed by atoms with E-state index < -0.39 is 17.4 Å². The minimum absolute atomic E-state index is 0.242. The quantitative estimate of drug-likeness (QED) is 0.524. The van der Waals surface area contributed by atoms with Crippen molar-refractivity contribution in [1.82, 2.24) is 0 Å². The predicted octanol–water partition coefficient (Wildman–Crippen LogP) is 4.33. The number of unbranched alkanes of at least 4 members (excludes halogenated alkanes) is 3. The van der Waals surface area contributed by atoms with Crippen LogP contribution in [0.2, 0.25) is 0 Å². The van der Waals surface area contributed by atoms with E-state index in [4.69, 9.17) is 0 Å². The topological polar surface area (TPSA) is 74.6 Å². The smallest absolute Gasteiger partial charge is 0.321 e. The number of hydrogen-bond acceptors (Lipinski definition) is 2. The van der Waals surface area contributed by atoms with Crippen LogP contribution in [0.1, 0.15) is 78.6 Å². The van der Waals surface area contributed by atoms with Gasteiger partial charge in [0.2, 0.25) is 0 Å². The van der Waals surface area contributed by atoms with E-state index in [0.29, 0.717) is 19.3 Å². The fraction of sp³-hybridized carbons (Fsp3) is 0.875. The van der Waals surface area contributed by atoms with Crippen molar-refractivity contribution >= 4 is 11.9 Å². The van der Waals surface area contributed by atoms with Crippen molar-refractivity contribution in [2.75, 3.05) is 0 Å². The molecule has 2 N–H and O–H groups in total. The molecule has 4 heteroatoms. The van der Waals surface area contributed by atoms with Gasteiger partial charge >= 0.3 is 11.9 Å². The lowest BCUT2D eigenvalue weighted by molar-refractivity contribution is -0.171. The number of hydrogen-bond donors (Lipinski definition) is 2. The van der Waals surface area contributed by atoms with Gasteiger partial charge in [-0.1, -0.05) is 59.3 Å². The lowest BCUT2D eigenvalue weighted by atomic mass is 9.68. The van der Waals surface area contributed by atoms with Crippen molar-refractivity contribution in [2.45, 2.75) is 78.6 Å². The molecule has 0 rings (SSSR count). The molecule has 0 heterocycles. The number of carbonyl (C=O) groups is 2. The molecule has 0 aliphatic rings. The Morgan fingerprint density at radius 1 is 0.850 bits per heavy atom. The van der Waals surface area contributed by atoms with Crippen molar-refractivity contribution in [3.63, 3.8) is 0 Å². The summed E-state index contributed by atoms with van der Waals surface area (Å²) in [5.74, 6) is -2.57. The third kappa shape index (κ3) is 4.80. The van der Waals surface area contributed by atoms with Crippen molar-refractivity contribution in [1.29, 1.82) is 0 Å². The van der Waals surface area contributed by atoms with Crippen LogP contribution in [-0.4, -0.2) is 22.2 Å². The summed E-state index contributed by atoms with van der Waals surface area (Å²) in [6.07, 6.45) is 6.80. The molecule has 0 aliphatic heterocycles. The summed E-state index contributed by atoms with van der Waals surface area (Å²) < 4.78 is 0. The van der Waals surface area contributed by atoms with E-state index in [1.165, 1.54) is 0 Å².